The molecule has 1 amide bonds. The van der Waals surface area contributed by atoms with Gasteiger partial charge in [-0.2, -0.15) is 0 Å². The number of carbonyl (C=O) groups is 1. The van der Waals surface area contributed by atoms with E-state index >= 15 is 0 Å². The van der Waals surface area contributed by atoms with Crippen molar-refractivity contribution in [3.63, 3.8) is 0 Å². The van der Waals surface area contributed by atoms with Crippen LogP contribution in [0.5, 0.6) is 0 Å². The Labute approximate surface area is 100 Å². The molecule has 0 saturated carbocycles. The van der Waals surface area contributed by atoms with Crippen molar-refractivity contribution in [2.75, 3.05) is 13.1 Å². The third-order valence-electron chi connectivity index (χ3n) is 3.00. The second-order valence-electron chi connectivity index (χ2n) is 4.29. The molecule has 1 aromatic rings. The van der Waals surface area contributed by atoms with Gasteiger partial charge < -0.3 is 10.6 Å². The molecule has 16 heavy (non-hydrogen) atoms. The zero-order valence-corrected chi connectivity index (χ0v) is 10.3. The average Bonchev–Trinajstić information content (AvgIpc) is 2.83. The van der Waals surface area contributed by atoms with Crippen LogP contribution >= 0.6 is 11.3 Å². The lowest BCUT2D eigenvalue weighted by atomic mass is 9.98. The predicted molar refractivity (Wildman–Crippen MR) is 66.5 cm³/mol. The van der Waals surface area contributed by atoms with Gasteiger partial charge >= 0.3 is 0 Å². The molecule has 1 aliphatic heterocycles. The summed E-state index contributed by atoms with van der Waals surface area (Å²) in [4.78, 5) is 13.2. The molecule has 3 nitrogen and oxygen atoms in total. The molecule has 2 heterocycles. The molecule has 2 N–H and O–H groups in total. The Morgan fingerprint density at radius 1 is 1.69 bits per heavy atom. The van der Waals surface area contributed by atoms with Gasteiger partial charge in [0.15, 0.2) is 0 Å². The molecule has 1 aliphatic rings. The van der Waals surface area contributed by atoms with E-state index in [1.165, 1.54) is 4.88 Å². The van der Waals surface area contributed by atoms with Crippen LogP contribution in [0.1, 0.15) is 30.7 Å². The fourth-order valence-electron chi connectivity index (χ4n) is 2.02. The summed E-state index contributed by atoms with van der Waals surface area (Å²) in [6.45, 7) is 3.91. The van der Waals surface area contributed by atoms with Crippen molar-refractivity contribution in [2.24, 2.45) is 5.92 Å². The first-order chi connectivity index (χ1) is 7.77. The van der Waals surface area contributed by atoms with Crippen LogP contribution in [0, 0.1) is 5.92 Å². The van der Waals surface area contributed by atoms with Gasteiger partial charge in [-0.05, 0) is 37.8 Å². The maximum Gasteiger partial charge on any atom is 0.224 e. The fourth-order valence-corrected chi connectivity index (χ4v) is 2.75. The van der Waals surface area contributed by atoms with Gasteiger partial charge in [0.05, 0.1) is 12.0 Å². The van der Waals surface area contributed by atoms with Gasteiger partial charge in [-0.3, -0.25) is 4.79 Å². The lowest BCUT2D eigenvalue weighted by Gasteiger charge is -2.23. The number of hydrogen-bond acceptors (Lipinski definition) is 3. The Bertz CT molecular complexity index is 331. The van der Waals surface area contributed by atoms with E-state index in [2.05, 4.69) is 16.7 Å². The molecule has 0 bridgehead atoms. The Balaban J connectivity index is 1.86. The van der Waals surface area contributed by atoms with Crippen LogP contribution in [0.3, 0.4) is 0 Å². The number of hydrogen-bond donors (Lipinski definition) is 2. The summed E-state index contributed by atoms with van der Waals surface area (Å²) in [6.07, 6.45) is 2.11. The largest absolute Gasteiger partial charge is 0.348 e. The number of carbonyl (C=O) groups excluding carboxylic acids is 1. The van der Waals surface area contributed by atoms with Crippen molar-refractivity contribution in [1.82, 2.24) is 10.6 Å². The van der Waals surface area contributed by atoms with Crippen molar-refractivity contribution in [3.8, 4) is 0 Å². The Morgan fingerprint density at radius 2 is 2.56 bits per heavy atom. The number of thiophene rings is 1. The molecule has 0 radical (unpaired) electrons. The first kappa shape index (κ1) is 11.6. The van der Waals surface area contributed by atoms with Gasteiger partial charge in [-0.1, -0.05) is 6.07 Å². The lowest BCUT2D eigenvalue weighted by Crippen LogP contribution is -2.41. The van der Waals surface area contributed by atoms with E-state index in [-0.39, 0.29) is 17.9 Å². The third kappa shape index (κ3) is 2.83. The Hall–Kier alpha value is -0.870. The van der Waals surface area contributed by atoms with Crippen LogP contribution in [-0.2, 0) is 4.79 Å². The number of rotatable bonds is 3. The highest BCUT2D eigenvalue weighted by Crippen LogP contribution is 2.19. The van der Waals surface area contributed by atoms with Crippen LogP contribution in [0.15, 0.2) is 17.5 Å². The minimum Gasteiger partial charge on any atom is -0.348 e. The van der Waals surface area contributed by atoms with Crippen LogP contribution in [-0.4, -0.2) is 19.0 Å². The van der Waals surface area contributed by atoms with Crippen molar-refractivity contribution >= 4 is 17.2 Å². The second kappa shape index (κ2) is 5.46. The van der Waals surface area contributed by atoms with Gasteiger partial charge in [-0.25, -0.2) is 0 Å². The second-order valence-corrected chi connectivity index (χ2v) is 5.27. The van der Waals surface area contributed by atoms with Crippen molar-refractivity contribution in [2.45, 2.75) is 25.8 Å². The highest BCUT2D eigenvalue weighted by molar-refractivity contribution is 7.10. The molecule has 2 atom stereocenters. The molecule has 2 rings (SSSR count). The molecule has 0 spiro atoms. The summed E-state index contributed by atoms with van der Waals surface area (Å²) in [6, 6.07) is 4.22. The standard InChI is InChI=1S/C12H18N2OS/c1-9(11-5-3-7-16-11)14-12(15)10-4-2-6-13-8-10/h3,5,7,9-10,13H,2,4,6,8H2,1H3,(H,14,15)/t9-,10-/m0/s1. The molecule has 0 unspecified atom stereocenters. The maximum absolute atomic E-state index is 12.0. The van der Waals surface area contributed by atoms with E-state index in [1.54, 1.807) is 11.3 Å². The van der Waals surface area contributed by atoms with Crippen LogP contribution < -0.4 is 10.6 Å². The molecule has 4 heteroatoms. The van der Waals surface area contributed by atoms with E-state index in [9.17, 15) is 4.79 Å². The van der Waals surface area contributed by atoms with Crippen molar-refractivity contribution < 1.29 is 4.79 Å². The first-order valence-electron chi connectivity index (χ1n) is 5.82. The Morgan fingerprint density at radius 3 is 3.19 bits per heavy atom. The molecule has 1 saturated heterocycles. The van der Waals surface area contributed by atoms with E-state index in [4.69, 9.17) is 0 Å². The summed E-state index contributed by atoms with van der Waals surface area (Å²) < 4.78 is 0. The van der Waals surface area contributed by atoms with Gasteiger partial charge in [0.25, 0.3) is 0 Å². The van der Waals surface area contributed by atoms with Crippen LogP contribution in [0.4, 0.5) is 0 Å². The summed E-state index contributed by atoms with van der Waals surface area (Å²) >= 11 is 1.69. The van der Waals surface area contributed by atoms with Crippen molar-refractivity contribution in [3.05, 3.63) is 22.4 Å². The molecule has 1 fully saturated rings. The van der Waals surface area contributed by atoms with E-state index in [0.29, 0.717) is 0 Å². The summed E-state index contributed by atoms with van der Waals surface area (Å²) in [7, 11) is 0. The molecule has 88 valence electrons. The van der Waals surface area contributed by atoms with E-state index in [0.717, 1.165) is 25.9 Å². The quantitative estimate of drug-likeness (QED) is 0.845. The smallest absolute Gasteiger partial charge is 0.224 e. The van der Waals surface area contributed by atoms with Gasteiger partial charge in [0, 0.05) is 11.4 Å². The maximum atomic E-state index is 12.0. The zero-order chi connectivity index (χ0) is 11.4. The molecular formula is C12H18N2OS. The van der Waals surface area contributed by atoms with Crippen LogP contribution in [0.2, 0.25) is 0 Å². The molecule has 1 aromatic heterocycles. The Kier molecular flexibility index (Phi) is 3.96. The minimum atomic E-state index is 0.134. The normalized spacial score (nSPS) is 22.7. The topological polar surface area (TPSA) is 41.1 Å². The highest BCUT2D eigenvalue weighted by Gasteiger charge is 2.22. The molecular weight excluding hydrogens is 220 g/mol. The number of nitrogens with one attached hydrogen (secondary N) is 2. The van der Waals surface area contributed by atoms with E-state index < -0.39 is 0 Å². The minimum absolute atomic E-state index is 0.134. The zero-order valence-electron chi connectivity index (χ0n) is 9.53. The van der Waals surface area contributed by atoms with Gasteiger partial charge in [-0.15, -0.1) is 11.3 Å². The van der Waals surface area contributed by atoms with E-state index in [1.807, 2.05) is 18.4 Å². The monoisotopic (exact) mass is 238 g/mol. The lowest BCUT2D eigenvalue weighted by molar-refractivity contribution is -0.126. The van der Waals surface area contributed by atoms with Crippen LogP contribution in [0.25, 0.3) is 0 Å². The fraction of sp³-hybridized carbons (Fsp3) is 0.583. The number of piperidine rings is 1. The predicted octanol–water partition coefficient (Wildman–Crippen LogP) is 1.92. The summed E-state index contributed by atoms with van der Waals surface area (Å²) in [5.74, 6) is 0.337. The SMILES string of the molecule is C[C@H](NC(=O)[C@H]1CCCNC1)c1cccs1. The average molecular weight is 238 g/mol. The molecule has 0 aromatic carbocycles. The van der Waals surface area contributed by atoms with Gasteiger partial charge in [0.2, 0.25) is 5.91 Å². The number of amides is 1. The molecule has 0 aliphatic carbocycles. The third-order valence-corrected chi connectivity index (χ3v) is 4.05. The highest BCUT2D eigenvalue weighted by atomic mass is 32.1. The van der Waals surface area contributed by atoms with Gasteiger partial charge in [0.1, 0.15) is 0 Å². The summed E-state index contributed by atoms with van der Waals surface area (Å²) in [5.41, 5.74) is 0. The first-order valence-corrected chi connectivity index (χ1v) is 6.70. The summed E-state index contributed by atoms with van der Waals surface area (Å²) in [5, 5.41) is 8.39. The van der Waals surface area contributed by atoms with Crippen molar-refractivity contribution in [1.29, 1.82) is 0 Å².